The Balaban J connectivity index is 1.72. The van der Waals surface area contributed by atoms with E-state index in [9.17, 15) is 28.5 Å². The maximum Gasteiger partial charge on any atom is 0.573 e. The predicted octanol–water partition coefficient (Wildman–Crippen LogP) is 1.05. The zero-order valence-electron chi connectivity index (χ0n) is 11.9. The van der Waals surface area contributed by atoms with Crippen LogP contribution >= 0.6 is 11.3 Å². The van der Waals surface area contributed by atoms with Crippen LogP contribution in [-0.4, -0.2) is 57.8 Å². The van der Waals surface area contributed by atoms with Crippen LogP contribution in [0.3, 0.4) is 0 Å². The van der Waals surface area contributed by atoms with Crippen LogP contribution in [0, 0.1) is 0 Å². The van der Waals surface area contributed by atoms with E-state index in [-0.39, 0.29) is 18.9 Å². The molecule has 7 nitrogen and oxygen atoms in total. The van der Waals surface area contributed by atoms with Crippen molar-refractivity contribution in [2.75, 3.05) is 18.5 Å². The second-order valence-electron chi connectivity index (χ2n) is 5.22. The fraction of sp³-hybridized carbons (Fsp3) is 0.462. The van der Waals surface area contributed by atoms with Gasteiger partial charge in [-0.25, -0.2) is 4.98 Å². The topological polar surface area (TPSA) is 104 Å². The highest BCUT2D eigenvalue weighted by Gasteiger charge is 2.47. The molecule has 24 heavy (non-hydrogen) atoms. The highest BCUT2D eigenvalue weighted by atomic mass is 32.1. The monoisotopic (exact) mass is 366 g/mol. The van der Waals surface area contributed by atoms with Gasteiger partial charge in [0.2, 0.25) is 5.79 Å². The number of hydrogen-bond acceptors (Lipinski definition) is 8. The van der Waals surface area contributed by atoms with Crippen molar-refractivity contribution in [3.63, 3.8) is 0 Å². The molecular formula is C13H13F3N2O5S. The van der Waals surface area contributed by atoms with Gasteiger partial charge in [-0.3, -0.25) is 0 Å². The Kier molecular flexibility index (Phi) is 4.30. The molecular weight excluding hydrogens is 353 g/mol. The summed E-state index contributed by atoms with van der Waals surface area (Å²) >= 11 is 1.04. The van der Waals surface area contributed by atoms with Gasteiger partial charge < -0.3 is 30.1 Å². The van der Waals surface area contributed by atoms with Gasteiger partial charge in [-0.2, -0.15) is 0 Å². The van der Waals surface area contributed by atoms with Crippen LogP contribution < -0.4 is 10.1 Å². The molecule has 3 rings (SSSR count). The van der Waals surface area contributed by atoms with Gasteiger partial charge in [0.05, 0.1) is 23.4 Å². The fourth-order valence-corrected chi connectivity index (χ4v) is 3.13. The molecule has 1 fully saturated rings. The van der Waals surface area contributed by atoms with Crippen LogP contribution in [0.5, 0.6) is 5.75 Å². The first-order valence-corrected chi connectivity index (χ1v) is 7.61. The Morgan fingerprint density at radius 1 is 1.42 bits per heavy atom. The Morgan fingerprint density at radius 2 is 2.17 bits per heavy atom. The van der Waals surface area contributed by atoms with E-state index in [1.165, 1.54) is 12.1 Å². The van der Waals surface area contributed by atoms with Crippen LogP contribution in [0.1, 0.15) is 0 Å². The number of halogens is 3. The maximum absolute atomic E-state index is 12.2. The van der Waals surface area contributed by atoms with E-state index in [2.05, 4.69) is 15.0 Å². The molecule has 1 aliphatic rings. The SMILES string of the molecule is O[C@@H]1COC(O)(CNc2nc3ccc(OC(F)(F)F)cc3s2)[C@H]1O. The number of hydrogen-bond donors (Lipinski definition) is 4. The molecule has 1 saturated heterocycles. The number of aromatic nitrogens is 1. The number of nitrogens with zero attached hydrogens (tertiary/aromatic N) is 1. The lowest BCUT2D eigenvalue weighted by Crippen LogP contribution is -2.48. The number of alkyl halides is 3. The molecule has 3 atom stereocenters. The summed E-state index contributed by atoms with van der Waals surface area (Å²) in [5.74, 6) is -2.33. The van der Waals surface area contributed by atoms with Gasteiger partial charge in [0.15, 0.2) is 5.13 Å². The van der Waals surface area contributed by atoms with Gasteiger partial charge in [-0.05, 0) is 12.1 Å². The minimum atomic E-state index is -4.78. The van der Waals surface area contributed by atoms with E-state index in [1.807, 2.05) is 0 Å². The molecule has 1 aromatic carbocycles. The van der Waals surface area contributed by atoms with E-state index in [4.69, 9.17) is 4.74 Å². The van der Waals surface area contributed by atoms with Crippen molar-refractivity contribution in [1.29, 1.82) is 0 Å². The number of aliphatic hydroxyl groups is 3. The number of rotatable bonds is 4. The number of anilines is 1. The zero-order valence-corrected chi connectivity index (χ0v) is 12.8. The number of thiazole rings is 1. The summed E-state index contributed by atoms with van der Waals surface area (Å²) in [5, 5.41) is 32.2. The molecule has 2 heterocycles. The number of fused-ring (bicyclic) bond motifs is 1. The third-order valence-corrected chi connectivity index (χ3v) is 4.39. The highest BCUT2D eigenvalue weighted by Crippen LogP contribution is 2.32. The molecule has 0 saturated carbocycles. The lowest BCUT2D eigenvalue weighted by molar-refractivity contribution is -0.274. The largest absolute Gasteiger partial charge is 0.573 e. The highest BCUT2D eigenvalue weighted by molar-refractivity contribution is 7.22. The van der Waals surface area contributed by atoms with Gasteiger partial charge in [0.1, 0.15) is 18.0 Å². The molecule has 0 aliphatic carbocycles. The molecule has 1 aliphatic heterocycles. The van der Waals surface area contributed by atoms with E-state index < -0.39 is 24.4 Å². The van der Waals surface area contributed by atoms with Crippen LogP contribution in [0.15, 0.2) is 18.2 Å². The van der Waals surface area contributed by atoms with Crippen molar-refractivity contribution < 1.29 is 38.0 Å². The van der Waals surface area contributed by atoms with E-state index in [0.29, 0.717) is 15.3 Å². The minimum absolute atomic E-state index is 0.211. The van der Waals surface area contributed by atoms with E-state index in [1.54, 1.807) is 0 Å². The smallest absolute Gasteiger partial charge is 0.406 e. The average Bonchev–Trinajstić information content (AvgIpc) is 3.00. The van der Waals surface area contributed by atoms with Crippen molar-refractivity contribution >= 4 is 26.7 Å². The summed E-state index contributed by atoms with van der Waals surface area (Å²) in [6.07, 6.45) is -7.46. The summed E-state index contributed by atoms with van der Waals surface area (Å²) in [6, 6.07) is 3.72. The van der Waals surface area contributed by atoms with Gasteiger partial charge in [-0.1, -0.05) is 11.3 Å². The van der Waals surface area contributed by atoms with Crippen molar-refractivity contribution in [2.45, 2.75) is 24.4 Å². The Bertz CT molecular complexity index is 740. The Morgan fingerprint density at radius 3 is 2.79 bits per heavy atom. The lowest BCUT2D eigenvalue weighted by atomic mass is 10.1. The Hall–Kier alpha value is -1.66. The van der Waals surface area contributed by atoms with Crippen molar-refractivity contribution in [3.8, 4) is 5.75 Å². The predicted molar refractivity (Wildman–Crippen MR) is 77.7 cm³/mol. The number of nitrogens with one attached hydrogen (secondary N) is 1. The van der Waals surface area contributed by atoms with Crippen LogP contribution in [-0.2, 0) is 4.74 Å². The lowest BCUT2D eigenvalue weighted by Gasteiger charge is -2.25. The molecule has 0 radical (unpaired) electrons. The van der Waals surface area contributed by atoms with Crippen LogP contribution in [0.2, 0.25) is 0 Å². The van der Waals surface area contributed by atoms with Gasteiger partial charge in [0.25, 0.3) is 0 Å². The molecule has 1 unspecified atom stereocenters. The van der Waals surface area contributed by atoms with Crippen LogP contribution in [0.4, 0.5) is 18.3 Å². The molecule has 4 N–H and O–H groups in total. The second kappa shape index (κ2) is 6.01. The van der Waals surface area contributed by atoms with Crippen molar-refractivity contribution in [1.82, 2.24) is 4.98 Å². The van der Waals surface area contributed by atoms with Crippen LogP contribution in [0.25, 0.3) is 10.2 Å². The molecule has 11 heteroatoms. The van der Waals surface area contributed by atoms with Gasteiger partial charge in [0, 0.05) is 6.07 Å². The molecule has 2 aromatic rings. The Labute approximate surface area is 137 Å². The first-order valence-electron chi connectivity index (χ1n) is 6.79. The molecule has 0 bridgehead atoms. The number of aliphatic hydroxyl groups excluding tert-OH is 2. The maximum atomic E-state index is 12.2. The fourth-order valence-electron chi connectivity index (χ4n) is 2.24. The van der Waals surface area contributed by atoms with Gasteiger partial charge >= 0.3 is 6.36 Å². The standard InChI is InChI=1S/C13H13F3N2O5S/c14-13(15,16)23-6-1-2-7-9(3-6)24-11(18-7)17-5-12(21)10(20)8(19)4-22-12/h1-3,8,10,19-21H,4-5H2,(H,17,18)/t8-,10+,12?/m1/s1. The summed E-state index contributed by atoms with van der Waals surface area (Å²) in [5.41, 5.74) is 0.442. The third kappa shape index (κ3) is 3.54. The quantitative estimate of drug-likeness (QED) is 0.641. The summed E-state index contributed by atoms with van der Waals surface area (Å²) in [4.78, 5) is 4.15. The molecule has 1 aromatic heterocycles. The molecule has 132 valence electrons. The first kappa shape index (κ1) is 17.2. The summed E-state index contributed by atoms with van der Waals surface area (Å²) in [6.45, 7) is -0.464. The average molecular weight is 366 g/mol. The molecule has 0 amide bonds. The number of ether oxygens (including phenoxy) is 2. The van der Waals surface area contributed by atoms with E-state index in [0.717, 1.165) is 17.4 Å². The normalized spacial score (nSPS) is 27.6. The first-order chi connectivity index (χ1) is 11.2. The zero-order chi connectivity index (χ0) is 17.5. The summed E-state index contributed by atoms with van der Waals surface area (Å²) in [7, 11) is 0. The minimum Gasteiger partial charge on any atom is -0.406 e. The molecule has 0 spiro atoms. The van der Waals surface area contributed by atoms with Gasteiger partial charge in [-0.15, -0.1) is 13.2 Å². The van der Waals surface area contributed by atoms with Crippen molar-refractivity contribution in [2.24, 2.45) is 0 Å². The van der Waals surface area contributed by atoms with Crippen molar-refractivity contribution in [3.05, 3.63) is 18.2 Å². The summed E-state index contributed by atoms with van der Waals surface area (Å²) < 4.78 is 45.9. The second-order valence-corrected chi connectivity index (χ2v) is 6.25. The third-order valence-electron chi connectivity index (χ3n) is 3.42. The van der Waals surface area contributed by atoms with E-state index >= 15 is 0 Å². The number of benzene rings is 1.